The molecule has 5 aromatic carbocycles. The predicted octanol–water partition coefficient (Wildman–Crippen LogP) is 7.56. The van der Waals surface area contributed by atoms with Gasteiger partial charge in [0.05, 0.1) is 34.5 Å². The van der Waals surface area contributed by atoms with Crippen molar-refractivity contribution in [3.63, 3.8) is 0 Å². The van der Waals surface area contributed by atoms with Gasteiger partial charge in [0.1, 0.15) is 5.82 Å². The number of para-hydroxylation sites is 2. The number of hydrogen-bond acceptors (Lipinski definition) is 1. The number of rotatable bonds is 3. The standard InChI is InChI=1S/C29H22N2/c1-2-27-30-25-18-10-11-19-26(25)31(27)29-23-16-8-6-14-21(23)28(20-12-4-3-5-13-20)22-15-7-9-17-24(22)29/h3-19H,2H2,1H3/i3D,4D,5D,6D,7D,8D,9D,12D,13D,14D,15D,16D,17D. The van der Waals surface area contributed by atoms with E-state index in [9.17, 15) is 0 Å². The summed E-state index contributed by atoms with van der Waals surface area (Å²) in [4.78, 5) is 4.70. The Morgan fingerprint density at radius 2 is 1.32 bits per heavy atom. The molecule has 148 valence electrons. The number of hydrogen-bond donors (Lipinski definition) is 0. The van der Waals surface area contributed by atoms with Gasteiger partial charge in [-0.15, -0.1) is 0 Å². The van der Waals surface area contributed by atoms with Gasteiger partial charge in [-0.3, -0.25) is 4.57 Å². The molecule has 1 aromatic heterocycles. The Bertz CT molecular complexity index is 2150. The zero-order chi connectivity index (χ0) is 32.1. The van der Waals surface area contributed by atoms with E-state index in [2.05, 4.69) is 0 Å². The molecule has 6 rings (SSSR count). The molecule has 0 saturated heterocycles. The van der Waals surface area contributed by atoms with Crippen LogP contribution in [0.5, 0.6) is 0 Å². The minimum Gasteiger partial charge on any atom is -0.295 e. The smallest absolute Gasteiger partial charge is 0.114 e. The highest BCUT2D eigenvalue weighted by molar-refractivity contribution is 6.18. The van der Waals surface area contributed by atoms with Gasteiger partial charge in [0.2, 0.25) is 0 Å². The Balaban J connectivity index is 2.10. The van der Waals surface area contributed by atoms with Crippen LogP contribution in [0, 0.1) is 0 Å². The number of aryl methyl sites for hydroxylation is 1. The molecule has 0 aliphatic heterocycles. The Kier molecular flexibility index (Phi) is 2.08. The van der Waals surface area contributed by atoms with Gasteiger partial charge in [-0.25, -0.2) is 4.98 Å². The molecule has 31 heavy (non-hydrogen) atoms. The molecule has 0 spiro atoms. The molecule has 0 bridgehead atoms. The second-order valence-corrected chi connectivity index (χ2v) is 6.93. The molecule has 0 fully saturated rings. The summed E-state index contributed by atoms with van der Waals surface area (Å²) in [5.74, 6) is 0.448. The summed E-state index contributed by atoms with van der Waals surface area (Å²) in [7, 11) is 0. The van der Waals surface area contributed by atoms with Crippen LogP contribution >= 0.6 is 0 Å². The molecule has 2 heteroatoms. The first-order valence-corrected chi connectivity index (χ1v) is 9.76. The quantitative estimate of drug-likeness (QED) is 0.275. The Morgan fingerprint density at radius 1 is 0.742 bits per heavy atom. The van der Waals surface area contributed by atoms with Crippen molar-refractivity contribution in [3.05, 3.63) is 109 Å². The first kappa shape index (κ1) is 9.07. The summed E-state index contributed by atoms with van der Waals surface area (Å²) in [6.45, 7) is 1.83. The molecule has 0 aliphatic rings. The maximum Gasteiger partial charge on any atom is 0.114 e. The second-order valence-electron chi connectivity index (χ2n) is 6.93. The monoisotopic (exact) mass is 411 g/mol. The van der Waals surface area contributed by atoms with Crippen LogP contribution in [-0.4, -0.2) is 9.55 Å². The van der Waals surface area contributed by atoms with E-state index >= 15 is 0 Å². The van der Waals surface area contributed by atoms with Crippen molar-refractivity contribution in [1.29, 1.82) is 0 Å². The van der Waals surface area contributed by atoms with E-state index in [0.717, 1.165) is 0 Å². The van der Waals surface area contributed by atoms with Crippen molar-refractivity contribution in [2.75, 3.05) is 0 Å². The lowest BCUT2D eigenvalue weighted by atomic mass is 9.90. The SMILES string of the molecule is [2H]c1c([2H])c([2H])c(-c2c3c([2H])c([2H])c([2H])c([2H])c3c(-n3c(CC)nc4ccccc43)c3c([2H])c([2H])c([2H])c([2H])c23)c([2H])c1[2H]. The lowest BCUT2D eigenvalue weighted by Gasteiger charge is -2.19. The fourth-order valence-electron chi connectivity index (χ4n) is 4.02. The van der Waals surface area contributed by atoms with Crippen LogP contribution in [0.3, 0.4) is 0 Å². The highest BCUT2D eigenvalue weighted by atomic mass is 15.1. The Hall–Kier alpha value is -3.91. The minimum atomic E-state index is -0.707. The van der Waals surface area contributed by atoms with Crippen molar-refractivity contribution in [3.8, 4) is 16.8 Å². The van der Waals surface area contributed by atoms with Gasteiger partial charge >= 0.3 is 0 Å². The molecule has 0 aliphatic carbocycles. The van der Waals surface area contributed by atoms with Gasteiger partial charge in [-0.2, -0.15) is 0 Å². The minimum absolute atomic E-state index is 0.0238. The first-order valence-electron chi connectivity index (χ1n) is 16.3. The molecule has 0 atom stereocenters. The number of imidazole rings is 1. The number of fused-ring (bicyclic) bond motifs is 3. The van der Waals surface area contributed by atoms with Gasteiger partial charge < -0.3 is 0 Å². The molecular weight excluding hydrogens is 376 g/mol. The third-order valence-electron chi connectivity index (χ3n) is 5.27. The molecule has 2 nitrogen and oxygen atoms in total. The van der Waals surface area contributed by atoms with E-state index in [1.54, 1.807) is 28.8 Å². The fraction of sp³-hybridized carbons (Fsp3) is 0.0690. The fourth-order valence-corrected chi connectivity index (χ4v) is 4.02. The molecule has 0 radical (unpaired) electrons. The zero-order valence-corrected chi connectivity index (χ0v) is 16.4. The van der Waals surface area contributed by atoms with Crippen LogP contribution in [0.1, 0.15) is 30.6 Å². The Labute approximate surface area is 199 Å². The Morgan fingerprint density at radius 3 is 1.97 bits per heavy atom. The molecule has 0 amide bonds. The van der Waals surface area contributed by atoms with Crippen molar-refractivity contribution >= 4 is 32.6 Å². The van der Waals surface area contributed by atoms with Gasteiger partial charge in [0.25, 0.3) is 0 Å². The van der Waals surface area contributed by atoms with E-state index in [4.69, 9.17) is 22.8 Å². The summed E-state index contributed by atoms with van der Waals surface area (Å²) < 4.78 is 114. The average Bonchev–Trinajstić information content (AvgIpc) is 3.40. The largest absolute Gasteiger partial charge is 0.295 e. The van der Waals surface area contributed by atoms with Crippen LogP contribution < -0.4 is 0 Å². The van der Waals surface area contributed by atoms with Gasteiger partial charge in [-0.1, -0.05) is 97.6 Å². The third kappa shape index (κ3) is 2.69. The van der Waals surface area contributed by atoms with Crippen LogP contribution in [-0.2, 0) is 6.42 Å². The zero-order valence-electron chi connectivity index (χ0n) is 29.4. The molecule has 0 N–H and O–H groups in total. The maximum absolute atomic E-state index is 9.07. The van der Waals surface area contributed by atoms with Crippen LogP contribution in [0.2, 0.25) is 0 Å². The topological polar surface area (TPSA) is 17.8 Å². The number of benzene rings is 5. The van der Waals surface area contributed by atoms with Crippen molar-refractivity contribution < 1.29 is 17.8 Å². The summed E-state index contributed by atoms with van der Waals surface area (Å²) in [5.41, 5.74) is 0.330. The second kappa shape index (κ2) is 7.10. The summed E-state index contributed by atoms with van der Waals surface area (Å²) >= 11 is 0. The lowest BCUT2D eigenvalue weighted by molar-refractivity contribution is 0.917. The first-order chi connectivity index (χ1) is 20.8. The number of nitrogens with zero attached hydrogens (tertiary/aromatic N) is 2. The lowest BCUT2D eigenvalue weighted by Crippen LogP contribution is -2.03. The van der Waals surface area contributed by atoms with Gasteiger partial charge in [0.15, 0.2) is 0 Å². The molecular formula is C29H22N2. The van der Waals surface area contributed by atoms with E-state index in [1.807, 2.05) is 6.92 Å². The van der Waals surface area contributed by atoms with Crippen molar-refractivity contribution in [1.82, 2.24) is 9.55 Å². The van der Waals surface area contributed by atoms with Crippen molar-refractivity contribution in [2.45, 2.75) is 13.3 Å². The molecule has 1 heterocycles. The van der Waals surface area contributed by atoms with Crippen LogP contribution in [0.4, 0.5) is 0 Å². The highest BCUT2D eigenvalue weighted by Gasteiger charge is 2.19. The van der Waals surface area contributed by atoms with Crippen LogP contribution in [0.25, 0.3) is 49.4 Å². The van der Waals surface area contributed by atoms with E-state index in [1.165, 1.54) is 0 Å². The third-order valence-corrected chi connectivity index (χ3v) is 5.27. The molecule has 0 unspecified atom stereocenters. The van der Waals surface area contributed by atoms with E-state index in [0.29, 0.717) is 23.3 Å². The van der Waals surface area contributed by atoms with E-state index < -0.39 is 84.1 Å². The van der Waals surface area contributed by atoms with E-state index in [-0.39, 0.29) is 32.8 Å². The molecule has 0 saturated carbocycles. The predicted molar refractivity (Wildman–Crippen MR) is 131 cm³/mol. The summed E-state index contributed by atoms with van der Waals surface area (Å²) in [6, 6.07) is -1.26. The number of aromatic nitrogens is 2. The van der Waals surface area contributed by atoms with Crippen LogP contribution in [0.15, 0.2) is 103 Å². The maximum atomic E-state index is 9.07. The normalized spacial score (nSPS) is 17.4. The summed E-state index contributed by atoms with van der Waals surface area (Å²) in [5, 5.41) is -0.787. The van der Waals surface area contributed by atoms with Gasteiger partial charge in [-0.05, 0) is 34.0 Å². The highest BCUT2D eigenvalue weighted by Crippen LogP contribution is 2.42. The summed E-state index contributed by atoms with van der Waals surface area (Å²) in [6.07, 6.45) is 0.346. The molecule has 6 aromatic rings. The average molecular weight is 412 g/mol. The van der Waals surface area contributed by atoms with Crippen molar-refractivity contribution in [2.24, 2.45) is 0 Å². The van der Waals surface area contributed by atoms with Gasteiger partial charge in [0, 0.05) is 17.2 Å².